The molecule has 0 unspecified atom stereocenters. The van der Waals surface area contributed by atoms with Crippen LogP contribution < -0.4 is 4.74 Å². The van der Waals surface area contributed by atoms with E-state index in [1.807, 2.05) is 24.3 Å². The second-order valence-electron chi connectivity index (χ2n) is 4.13. The molecule has 0 saturated heterocycles. The van der Waals surface area contributed by atoms with Crippen LogP contribution in [0.5, 0.6) is 5.75 Å². The van der Waals surface area contributed by atoms with Crippen LogP contribution in [0.2, 0.25) is 0 Å². The molecule has 0 amide bonds. The largest absolute Gasteiger partial charge is 0.497 e. The Kier molecular flexibility index (Phi) is 2.67. The fraction of sp³-hybridized carbons (Fsp3) is 0.500. The number of ether oxygens (including phenoxy) is 1. The average molecular weight is 208 g/mol. The Labute approximate surface area is 89.3 Å². The van der Waals surface area contributed by atoms with Gasteiger partial charge in [0.05, 0.1) is 13.7 Å². The van der Waals surface area contributed by atoms with E-state index in [-0.39, 0.29) is 24.5 Å². The number of rotatable bonds is 4. The van der Waals surface area contributed by atoms with Crippen LogP contribution in [0.1, 0.15) is 12.0 Å². The smallest absolute Gasteiger partial charge is 0.118 e. The van der Waals surface area contributed by atoms with Crippen molar-refractivity contribution < 1.29 is 14.9 Å². The lowest BCUT2D eigenvalue weighted by Gasteiger charge is -2.14. The highest BCUT2D eigenvalue weighted by atomic mass is 16.5. The number of methoxy groups -OCH3 is 1. The molecule has 1 aromatic carbocycles. The number of benzene rings is 1. The van der Waals surface area contributed by atoms with Gasteiger partial charge in [-0.25, -0.2) is 0 Å². The van der Waals surface area contributed by atoms with Crippen molar-refractivity contribution in [2.75, 3.05) is 20.3 Å². The van der Waals surface area contributed by atoms with Gasteiger partial charge < -0.3 is 14.9 Å². The van der Waals surface area contributed by atoms with Gasteiger partial charge in [-0.1, -0.05) is 12.1 Å². The van der Waals surface area contributed by atoms with Crippen molar-refractivity contribution in [1.29, 1.82) is 0 Å². The van der Waals surface area contributed by atoms with Gasteiger partial charge in [0.2, 0.25) is 0 Å². The third-order valence-corrected chi connectivity index (χ3v) is 3.40. The molecule has 0 aliphatic heterocycles. The zero-order valence-corrected chi connectivity index (χ0v) is 8.81. The Bertz CT molecular complexity index is 333. The summed E-state index contributed by atoms with van der Waals surface area (Å²) in [7, 11) is 1.63. The quantitative estimate of drug-likeness (QED) is 0.774. The predicted octanol–water partition coefficient (Wildman–Crippen LogP) is 0.938. The first-order chi connectivity index (χ1) is 7.26. The van der Waals surface area contributed by atoms with Gasteiger partial charge in [0.25, 0.3) is 0 Å². The van der Waals surface area contributed by atoms with Crippen LogP contribution >= 0.6 is 0 Å². The van der Waals surface area contributed by atoms with Gasteiger partial charge in [-0.05, 0) is 30.0 Å². The second kappa shape index (κ2) is 3.83. The molecule has 1 fully saturated rings. The fourth-order valence-corrected chi connectivity index (χ4v) is 2.18. The summed E-state index contributed by atoms with van der Waals surface area (Å²) < 4.78 is 5.08. The normalized spacial score (nSPS) is 28.9. The van der Waals surface area contributed by atoms with Crippen LogP contribution in [0, 0.1) is 5.92 Å². The van der Waals surface area contributed by atoms with Gasteiger partial charge in [-0.15, -0.1) is 0 Å². The molecule has 1 aliphatic carbocycles. The summed E-state index contributed by atoms with van der Waals surface area (Å²) in [5.74, 6) is 1.02. The average Bonchev–Trinajstić information content (AvgIpc) is 3.04. The van der Waals surface area contributed by atoms with Crippen LogP contribution in [0.4, 0.5) is 0 Å². The first kappa shape index (κ1) is 10.5. The van der Waals surface area contributed by atoms with Crippen LogP contribution in [0.25, 0.3) is 0 Å². The fourth-order valence-electron chi connectivity index (χ4n) is 2.18. The lowest BCUT2D eigenvalue weighted by molar-refractivity contribution is 0.213. The summed E-state index contributed by atoms with van der Waals surface area (Å²) in [6, 6.07) is 7.70. The van der Waals surface area contributed by atoms with E-state index >= 15 is 0 Å². The second-order valence-corrected chi connectivity index (χ2v) is 4.13. The molecule has 3 nitrogen and oxygen atoms in total. The van der Waals surface area contributed by atoms with E-state index in [4.69, 9.17) is 9.84 Å². The minimum atomic E-state index is -0.207. The molecule has 1 aromatic rings. The zero-order valence-electron chi connectivity index (χ0n) is 8.81. The van der Waals surface area contributed by atoms with E-state index in [9.17, 15) is 5.11 Å². The van der Waals surface area contributed by atoms with E-state index < -0.39 is 0 Å². The standard InChI is InChI=1S/C12H16O3/c1-15-11-4-2-9(3-5-11)12(8-14)6-10(12)7-13/h2-5,10,13-14H,6-8H2,1H3/t10-,12+/m0/s1. The zero-order chi connectivity index (χ0) is 10.9. The third-order valence-electron chi connectivity index (χ3n) is 3.40. The lowest BCUT2D eigenvalue weighted by atomic mass is 9.94. The molecule has 1 aliphatic rings. The van der Waals surface area contributed by atoms with Gasteiger partial charge in [-0.3, -0.25) is 0 Å². The summed E-state index contributed by atoms with van der Waals surface area (Å²) in [5, 5.41) is 18.5. The summed E-state index contributed by atoms with van der Waals surface area (Å²) in [6.45, 7) is 0.247. The van der Waals surface area contributed by atoms with E-state index in [2.05, 4.69) is 0 Å². The molecule has 82 valence electrons. The minimum absolute atomic E-state index is 0.102. The van der Waals surface area contributed by atoms with Crippen molar-refractivity contribution in [3.05, 3.63) is 29.8 Å². The van der Waals surface area contributed by atoms with E-state index in [0.29, 0.717) is 0 Å². The van der Waals surface area contributed by atoms with Crippen molar-refractivity contribution in [2.45, 2.75) is 11.8 Å². The Balaban J connectivity index is 2.22. The first-order valence-electron chi connectivity index (χ1n) is 5.13. The number of aliphatic hydroxyl groups excluding tert-OH is 2. The van der Waals surface area contributed by atoms with E-state index in [0.717, 1.165) is 17.7 Å². The van der Waals surface area contributed by atoms with Crippen LogP contribution in [-0.4, -0.2) is 30.5 Å². The molecule has 0 radical (unpaired) electrons. The Morgan fingerprint density at radius 1 is 1.33 bits per heavy atom. The van der Waals surface area contributed by atoms with Crippen molar-refractivity contribution in [3.63, 3.8) is 0 Å². The van der Waals surface area contributed by atoms with Crippen LogP contribution in [0.15, 0.2) is 24.3 Å². The highest BCUT2D eigenvalue weighted by Gasteiger charge is 2.54. The summed E-state index contributed by atoms with van der Waals surface area (Å²) in [4.78, 5) is 0. The highest BCUT2D eigenvalue weighted by molar-refractivity contribution is 5.37. The van der Waals surface area contributed by atoms with E-state index in [1.165, 1.54) is 0 Å². The Morgan fingerprint density at radius 2 is 2.00 bits per heavy atom. The molecular weight excluding hydrogens is 192 g/mol. The van der Waals surface area contributed by atoms with Crippen LogP contribution in [-0.2, 0) is 5.41 Å². The minimum Gasteiger partial charge on any atom is -0.497 e. The highest BCUT2D eigenvalue weighted by Crippen LogP contribution is 2.53. The van der Waals surface area contributed by atoms with Crippen LogP contribution in [0.3, 0.4) is 0 Å². The Hall–Kier alpha value is -1.06. The molecule has 3 heteroatoms. The molecule has 0 aromatic heterocycles. The monoisotopic (exact) mass is 208 g/mol. The molecule has 2 rings (SSSR count). The lowest BCUT2D eigenvalue weighted by Crippen LogP contribution is -2.16. The van der Waals surface area contributed by atoms with Crippen molar-refractivity contribution in [1.82, 2.24) is 0 Å². The number of hydrogen-bond acceptors (Lipinski definition) is 3. The van der Waals surface area contributed by atoms with Crippen molar-refractivity contribution >= 4 is 0 Å². The van der Waals surface area contributed by atoms with Gasteiger partial charge in [0.15, 0.2) is 0 Å². The predicted molar refractivity (Wildman–Crippen MR) is 57.0 cm³/mol. The van der Waals surface area contributed by atoms with Gasteiger partial charge in [-0.2, -0.15) is 0 Å². The maximum Gasteiger partial charge on any atom is 0.118 e. The molecule has 0 spiro atoms. The molecule has 1 saturated carbocycles. The maximum atomic E-state index is 9.40. The molecule has 2 N–H and O–H groups in total. The first-order valence-corrected chi connectivity index (χ1v) is 5.13. The summed E-state index contributed by atoms with van der Waals surface area (Å²) >= 11 is 0. The van der Waals surface area contributed by atoms with Crippen molar-refractivity contribution in [2.24, 2.45) is 5.92 Å². The molecule has 0 bridgehead atoms. The molecule has 15 heavy (non-hydrogen) atoms. The van der Waals surface area contributed by atoms with Gasteiger partial charge in [0.1, 0.15) is 5.75 Å². The number of aliphatic hydroxyl groups is 2. The SMILES string of the molecule is COc1ccc([C@]2(CO)C[C@H]2CO)cc1. The molecular formula is C12H16O3. The summed E-state index contributed by atoms with van der Waals surface area (Å²) in [5.41, 5.74) is 0.881. The molecule has 2 atom stereocenters. The summed E-state index contributed by atoms with van der Waals surface area (Å²) in [6.07, 6.45) is 0.867. The number of hydrogen-bond donors (Lipinski definition) is 2. The van der Waals surface area contributed by atoms with Gasteiger partial charge in [0, 0.05) is 12.0 Å². The van der Waals surface area contributed by atoms with Gasteiger partial charge >= 0.3 is 0 Å². The maximum absolute atomic E-state index is 9.40. The van der Waals surface area contributed by atoms with Crippen molar-refractivity contribution in [3.8, 4) is 5.75 Å². The molecule has 0 heterocycles. The van der Waals surface area contributed by atoms with E-state index in [1.54, 1.807) is 7.11 Å². The Morgan fingerprint density at radius 3 is 2.40 bits per heavy atom. The third kappa shape index (κ3) is 1.62. The topological polar surface area (TPSA) is 49.7 Å².